The minimum atomic E-state index is -0.0486. The van der Waals surface area contributed by atoms with Crippen LogP contribution in [-0.4, -0.2) is 4.57 Å². The molecule has 2 N–H and O–H groups in total. The normalized spacial score (nSPS) is 15.9. The van der Waals surface area contributed by atoms with Crippen molar-refractivity contribution in [1.82, 2.24) is 15.2 Å². The first-order valence-electron chi connectivity index (χ1n) is 19.5. The number of fused-ring (bicyclic) bond motifs is 9. The molecule has 0 amide bonds. The number of benzene rings is 8. The highest BCUT2D eigenvalue weighted by Crippen LogP contribution is 2.45. The summed E-state index contributed by atoms with van der Waals surface area (Å²) in [4.78, 5) is 0. The second kappa shape index (κ2) is 13.0. The molecule has 0 saturated carbocycles. The Morgan fingerprint density at radius 2 is 1.11 bits per heavy atom. The number of aromatic nitrogens is 1. The summed E-state index contributed by atoms with van der Waals surface area (Å²) in [6.07, 6.45) is 2.29. The van der Waals surface area contributed by atoms with E-state index in [9.17, 15) is 0 Å². The third-order valence-corrected chi connectivity index (χ3v) is 14.0. The summed E-state index contributed by atoms with van der Waals surface area (Å²) < 4.78 is 7.78. The van der Waals surface area contributed by atoms with Crippen LogP contribution in [0.15, 0.2) is 188 Å². The Balaban J connectivity index is 1.09. The van der Waals surface area contributed by atoms with E-state index in [0.29, 0.717) is 0 Å². The number of rotatable bonds is 5. The maximum Gasteiger partial charge on any atom is 0.104 e. The van der Waals surface area contributed by atoms with Crippen molar-refractivity contribution < 1.29 is 0 Å². The molecular weight excluding hydrogens is 731 g/mol. The van der Waals surface area contributed by atoms with Gasteiger partial charge < -0.3 is 9.88 Å². The van der Waals surface area contributed by atoms with Gasteiger partial charge in [0.1, 0.15) is 6.17 Å². The smallest absolute Gasteiger partial charge is 0.104 e. The van der Waals surface area contributed by atoms with E-state index in [0.717, 1.165) is 5.70 Å². The fraction of sp³-hybridized carbons (Fsp3) is 0.0385. The number of nitrogens with one attached hydrogen (secondary N) is 2. The van der Waals surface area contributed by atoms with E-state index >= 15 is 0 Å². The van der Waals surface area contributed by atoms with E-state index in [4.69, 9.17) is 0 Å². The number of nitrogens with zero attached hydrogens (tertiary/aromatic N) is 1. The molecular formula is C52H35N3S2. The third kappa shape index (κ3) is 5.35. The molecule has 1 aliphatic rings. The molecule has 8 aromatic carbocycles. The Labute approximate surface area is 337 Å². The summed E-state index contributed by atoms with van der Waals surface area (Å²) in [5.41, 5.74) is 10.8. The molecule has 5 heteroatoms. The highest BCUT2D eigenvalue weighted by molar-refractivity contribution is 7.26. The SMILES string of the molecule is C1=C(c2ccccc2)NC(c2ccccc2)NC1c1ccc2c3ccccc3n(-c3cc(-c4ccc5sc6ccccc6c5c4)c4sc5ccccc5c4c3)c2c1. The van der Waals surface area contributed by atoms with Crippen molar-refractivity contribution in [2.75, 3.05) is 0 Å². The third-order valence-electron chi connectivity index (χ3n) is 11.7. The van der Waals surface area contributed by atoms with Crippen LogP contribution in [0, 0.1) is 0 Å². The van der Waals surface area contributed by atoms with Crippen molar-refractivity contribution in [1.29, 1.82) is 0 Å². The van der Waals surface area contributed by atoms with Gasteiger partial charge in [0.2, 0.25) is 0 Å². The predicted molar refractivity (Wildman–Crippen MR) is 245 cm³/mol. The summed E-state index contributed by atoms with van der Waals surface area (Å²) in [7, 11) is 0. The monoisotopic (exact) mass is 765 g/mol. The molecule has 3 aromatic heterocycles. The van der Waals surface area contributed by atoms with Crippen LogP contribution in [0.5, 0.6) is 0 Å². The molecule has 11 aromatic rings. The molecule has 0 aliphatic carbocycles. The van der Waals surface area contributed by atoms with Gasteiger partial charge in [0, 0.05) is 68.1 Å². The Hall–Kier alpha value is -6.50. The summed E-state index contributed by atoms with van der Waals surface area (Å²) in [6, 6.07) is 66.9. The number of thiophene rings is 2. The predicted octanol–water partition coefficient (Wildman–Crippen LogP) is 14.2. The molecule has 0 fully saturated rings. The van der Waals surface area contributed by atoms with E-state index in [-0.39, 0.29) is 12.2 Å². The van der Waals surface area contributed by atoms with Gasteiger partial charge in [-0.05, 0) is 76.9 Å². The topological polar surface area (TPSA) is 29.0 Å². The Kier molecular flexibility index (Phi) is 7.48. The zero-order valence-electron chi connectivity index (χ0n) is 30.8. The van der Waals surface area contributed by atoms with Crippen LogP contribution in [-0.2, 0) is 0 Å². The van der Waals surface area contributed by atoms with Crippen molar-refractivity contribution in [2.45, 2.75) is 12.2 Å². The van der Waals surface area contributed by atoms with Crippen molar-refractivity contribution in [3.05, 3.63) is 205 Å². The molecule has 57 heavy (non-hydrogen) atoms. The number of hydrogen-bond acceptors (Lipinski definition) is 4. The molecule has 0 bridgehead atoms. The molecule has 2 atom stereocenters. The molecule has 0 saturated heterocycles. The zero-order valence-corrected chi connectivity index (χ0v) is 32.4. The minimum absolute atomic E-state index is 0.0199. The molecule has 0 radical (unpaired) electrons. The van der Waals surface area contributed by atoms with Gasteiger partial charge in [-0.25, -0.2) is 0 Å². The lowest BCUT2D eigenvalue weighted by Gasteiger charge is -2.33. The van der Waals surface area contributed by atoms with Gasteiger partial charge in [-0.1, -0.05) is 133 Å². The standard InChI is InChI=1S/C52H35N3S2/c1-3-13-32(14-4-1)44-31-45(54-52(53-44)33-15-5-2-6-16-33)35-23-25-38-37-17-7-10-20-46(37)55(47(38)28-35)36-29-41(51-43(30-36)40-19-9-12-22-49(40)57-51)34-24-26-50-42(27-34)39-18-8-11-21-48(39)56-50/h1-31,45,52-54H. The fourth-order valence-electron chi connectivity index (χ4n) is 8.96. The van der Waals surface area contributed by atoms with Crippen LogP contribution >= 0.6 is 22.7 Å². The summed E-state index contributed by atoms with van der Waals surface area (Å²) >= 11 is 3.77. The Morgan fingerprint density at radius 3 is 1.93 bits per heavy atom. The summed E-state index contributed by atoms with van der Waals surface area (Å²) in [6.45, 7) is 0. The maximum atomic E-state index is 3.95. The second-order valence-electron chi connectivity index (χ2n) is 15.0. The van der Waals surface area contributed by atoms with Crippen molar-refractivity contribution in [3.63, 3.8) is 0 Å². The first-order valence-corrected chi connectivity index (χ1v) is 21.1. The van der Waals surface area contributed by atoms with Crippen LogP contribution in [0.2, 0.25) is 0 Å². The summed E-state index contributed by atoms with van der Waals surface area (Å²) in [5.74, 6) is 0. The minimum Gasteiger partial charge on any atom is -0.366 e. The van der Waals surface area contributed by atoms with E-state index in [2.05, 4.69) is 203 Å². The van der Waals surface area contributed by atoms with Gasteiger partial charge in [0.05, 0.1) is 17.1 Å². The van der Waals surface area contributed by atoms with Crippen LogP contribution < -0.4 is 10.6 Å². The lowest BCUT2D eigenvalue weighted by atomic mass is 9.97. The average molecular weight is 766 g/mol. The first-order chi connectivity index (χ1) is 28.2. The maximum absolute atomic E-state index is 3.95. The lowest BCUT2D eigenvalue weighted by Crippen LogP contribution is -2.39. The van der Waals surface area contributed by atoms with Crippen LogP contribution in [0.3, 0.4) is 0 Å². The number of para-hydroxylation sites is 1. The number of hydrogen-bond donors (Lipinski definition) is 2. The highest BCUT2D eigenvalue weighted by atomic mass is 32.1. The molecule has 1 aliphatic heterocycles. The van der Waals surface area contributed by atoms with Crippen LogP contribution in [0.25, 0.3) is 84.7 Å². The van der Waals surface area contributed by atoms with E-state index in [1.165, 1.54) is 95.7 Å². The first kappa shape index (κ1) is 32.7. The van der Waals surface area contributed by atoms with Gasteiger partial charge in [-0.15, -0.1) is 22.7 Å². The molecule has 12 rings (SSSR count). The quantitative estimate of drug-likeness (QED) is 0.183. The van der Waals surface area contributed by atoms with Crippen molar-refractivity contribution in [2.24, 2.45) is 0 Å². The van der Waals surface area contributed by atoms with Gasteiger partial charge in [-0.3, -0.25) is 5.32 Å². The van der Waals surface area contributed by atoms with Crippen LogP contribution in [0.1, 0.15) is 28.9 Å². The summed E-state index contributed by atoms with van der Waals surface area (Å²) in [5, 5.41) is 15.5. The van der Waals surface area contributed by atoms with Gasteiger partial charge in [0.25, 0.3) is 0 Å². The molecule has 4 heterocycles. The van der Waals surface area contributed by atoms with Gasteiger partial charge in [-0.2, -0.15) is 0 Å². The second-order valence-corrected chi connectivity index (χ2v) is 17.1. The zero-order chi connectivity index (χ0) is 37.5. The fourth-order valence-corrected chi connectivity index (χ4v) is 11.3. The van der Waals surface area contributed by atoms with Gasteiger partial charge >= 0.3 is 0 Å². The van der Waals surface area contributed by atoms with Crippen molar-refractivity contribution in [3.8, 4) is 16.8 Å². The molecule has 3 nitrogen and oxygen atoms in total. The Morgan fingerprint density at radius 1 is 0.439 bits per heavy atom. The highest BCUT2D eigenvalue weighted by Gasteiger charge is 2.25. The van der Waals surface area contributed by atoms with E-state index in [1.54, 1.807) is 0 Å². The van der Waals surface area contributed by atoms with E-state index < -0.39 is 0 Å². The average Bonchev–Trinajstić information content (AvgIpc) is 3.95. The molecule has 270 valence electrons. The Bertz CT molecular complexity index is 3370. The molecule has 2 unspecified atom stereocenters. The largest absolute Gasteiger partial charge is 0.366 e. The van der Waals surface area contributed by atoms with E-state index in [1.807, 2.05) is 22.7 Å². The van der Waals surface area contributed by atoms with Gasteiger partial charge in [0.15, 0.2) is 0 Å². The molecule has 0 spiro atoms. The lowest BCUT2D eigenvalue weighted by molar-refractivity contribution is 0.443. The van der Waals surface area contributed by atoms with Crippen LogP contribution in [0.4, 0.5) is 0 Å². The van der Waals surface area contributed by atoms with Crippen molar-refractivity contribution >= 4 is 90.5 Å².